The van der Waals surface area contributed by atoms with E-state index in [4.69, 9.17) is 9.52 Å². The Morgan fingerprint density at radius 3 is 2.85 bits per heavy atom. The van der Waals surface area contributed by atoms with Crippen molar-refractivity contribution >= 4 is 17.7 Å². The van der Waals surface area contributed by atoms with Crippen molar-refractivity contribution in [3.05, 3.63) is 18.1 Å². The largest absolute Gasteiger partial charge is 0.465 e. The molecule has 6 heteroatoms. The third kappa shape index (κ3) is 1.98. The molecule has 0 radical (unpaired) electrons. The van der Waals surface area contributed by atoms with Crippen LogP contribution in [-0.2, 0) is 4.74 Å². The lowest BCUT2D eigenvalue weighted by atomic mass is 10.4. The van der Waals surface area contributed by atoms with Crippen LogP contribution in [0.3, 0.4) is 0 Å². The van der Waals surface area contributed by atoms with Crippen LogP contribution in [0, 0.1) is 0 Å². The number of amides is 1. The highest BCUT2D eigenvalue weighted by atomic mass is 16.5. The quantitative estimate of drug-likeness (QED) is 0.674. The van der Waals surface area contributed by atoms with Crippen molar-refractivity contribution in [3.63, 3.8) is 0 Å². The molecule has 0 spiro atoms. The SMILES string of the molecule is COC(=O)c1occc1NC(=O)O. The van der Waals surface area contributed by atoms with Crippen LogP contribution in [-0.4, -0.2) is 24.3 Å². The molecule has 1 aromatic heterocycles. The van der Waals surface area contributed by atoms with Gasteiger partial charge in [-0.3, -0.25) is 5.32 Å². The molecule has 13 heavy (non-hydrogen) atoms. The third-order valence-electron chi connectivity index (χ3n) is 1.28. The summed E-state index contributed by atoms with van der Waals surface area (Å²) in [7, 11) is 1.18. The molecule has 0 aromatic carbocycles. The molecular formula is C7H7NO5. The second-order valence-electron chi connectivity index (χ2n) is 2.09. The summed E-state index contributed by atoms with van der Waals surface area (Å²) in [5, 5.41) is 10.3. The van der Waals surface area contributed by atoms with E-state index in [1.54, 1.807) is 0 Å². The fraction of sp³-hybridized carbons (Fsp3) is 0.143. The fourth-order valence-corrected chi connectivity index (χ4v) is 0.774. The zero-order valence-corrected chi connectivity index (χ0v) is 6.73. The molecule has 0 aliphatic heterocycles. The minimum absolute atomic E-state index is 0.0688. The smallest absolute Gasteiger partial charge is 0.409 e. The van der Waals surface area contributed by atoms with Gasteiger partial charge >= 0.3 is 12.1 Å². The zero-order chi connectivity index (χ0) is 9.84. The molecule has 1 heterocycles. The summed E-state index contributed by atoms with van der Waals surface area (Å²) in [6.07, 6.45) is -0.0797. The van der Waals surface area contributed by atoms with Crippen molar-refractivity contribution in [2.45, 2.75) is 0 Å². The van der Waals surface area contributed by atoms with E-state index in [0.29, 0.717) is 0 Å². The number of hydrogen-bond acceptors (Lipinski definition) is 4. The number of methoxy groups -OCH3 is 1. The monoisotopic (exact) mass is 185 g/mol. The molecule has 0 atom stereocenters. The van der Waals surface area contributed by atoms with Gasteiger partial charge in [0.2, 0.25) is 5.76 Å². The average Bonchev–Trinajstić information content (AvgIpc) is 2.50. The molecule has 0 aliphatic carbocycles. The standard InChI is InChI=1S/C7H7NO5/c1-12-6(9)5-4(2-3-13-5)8-7(10)11/h2-3,8H,1H3,(H,10,11). The molecule has 0 aliphatic rings. The fourth-order valence-electron chi connectivity index (χ4n) is 0.774. The molecular weight excluding hydrogens is 178 g/mol. The lowest BCUT2D eigenvalue weighted by Crippen LogP contribution is -2.10. The lowest BCUT2D eigenvalue weighted by molar-refractivity contribution is 0.0566. The Morgan fingerprint density at radius 2 is 2.31 bits per heavy atom. The summed E-state index contributed by atoms with van der Waals surface area (Å²) < 4.78 is 9.07. The topological polar surface area (TPSA) is 88.8 Å². The van der Waals surface area contributed by atoms with Crippen molar-refractivity contribution in [1.29, 1.82) is 0 Å². The first-order chi connectivity index (χ1) is 6.15. The maximum absolute atomic E-state index is 10.9. The molecule has 1 amide bonds. The van der Waals surface area contributed by atoms with Gasteiger partial charge in [0.05, 0.1) is 19.1 Å². The van der Waals surface area contributed by atoms with E-state index in [2.05, 4.69) is 4.74 Å². The van der Waals surface area contributed by atoms with Crippen LogP contribution < -0.4 is 5.32 Å². The van der Waals surface area contributed by atoms with Gasteiger partial charge in [0.1, 0.15) is 0 Å². The maximum Gasteiger partial charge on any atom is 0.409 e. The van der Waals surface area contributed by atoms with Gasteiger partial charge in [-0.15, -0.1) is 0 Å². The summed E-state index contributed by atoms with van der Waals surface area (Å²) in [5.41, 5.74) is 0.0688. The minimum Gasteiger partial charge on any atom is -0.465 e. The van der Waals surface area contributed by atoms with Crippen LogP contribution in [0.2, 0.25) is 0 Å². The predicted octanol–water partition coefficient (Wildman–Crippen LogP) is 1.16. The number of rotatable bonds is 2. The molecule has 70 valence electrons. The van der Waals surface area contributed by atoms with Gasteiger partial charge in [0, 0.05) is 6.07 Å². The van der Waals surface area contributed by atoms with E-state index in [0.717, 1.165) is 0 Å². The van der Waals surface area contributed by atoms with E-state index < -0.39 is 12.1 Å². The molecule has 0 saturated heterocycles. The van der Waals surface area contributed by atoms with Crippen molar-refractivity contribution < 1.29 is 23.8 Å². The van der Waals surface area contributed by atoms with Crippen LogP contribution >= 0.6 is 0 Å². The highest BCUT2D eigenvalue weighted by molar-refractivity contribution is 5.96. The molecule has 0 fully saturated rings. The lowest BCUT2D eigenvalue weighted by Gasteiger charge is -1.98. The van der Waals surface area contributed by atoms with E-state index in [-0.39, 0.29) is 11.4 Å². The first-order valence-electron chi connectivity index (χ1n) is 3.31. The van der Waals surface area contributed by atoms with E-state index in [1.807, 2.05) is 5.32 Å². The number of carboxylic acid groups (broad SMARTS) is 1. The van der Waals surface area contributed by atoms with Crippen LogP contribution in [0.15, 0.2) is 16.7 Å². The Balaban J connectivity index is 2.89. The van der Waals surface area contributed by atoms with Crippen LogP contribution in [0.1, 0.15) is 10.6 Å². The number of carbonyl (C=O) groups excluding carboxylic acids is 1. The second kappa shape index (κ2) is 3.61. The number of nitrogens with one attached hydrogen (secondary N) is 1. The molecule has 1 rings (SSSR count). The van der Waals surface area contributed by atoms with Gasteiger partial charge in [-0.25, -0.2) is 9.59 Å². The van der Waals surface area contributed by atoms with Gasteiger partial charge in [-0.2, -0.15) is 0 Å². The van der Waals surface area contributed by atoms with Crippen molar-refractivity contribution in [2.75, 3.05) is 12.4 Å². The summed E-state index contributed by atoms with van der Waals surface area (Å²) in [5.74, 6) is -0.890. The Morgan fingerprint density at radius 1 is 1.62 bits per heavy atom. The first kappa shape index (κ1) is 9.11. The number of furan rings is 1. The average molecular weight is 185 g/mol. The molecule has 2 N–H and O–H groups in total. The summed E-state index contributed by atoms with van der Waals surface area (Å²) >= 11 is 0. The zero-order valence-electron chi connectivity index (χ0n) is 6.73. The number of hydrogen-bond donors (Lipinski definition) is 2. The van der Waals surface area contributed by atoms with Gasteiger partial charge in [0.25, 0.3) is 0 Å². The first-order valence-corrected chi connectivity index (χ1v) is 3.31. The highest BCUT2D eigenvalue weighted by Crippen LogP contribution is 2.17. The molecule has 0 bridgehead atoms. The molecule has 6 nitrogen and oxygen atoms in total. The van der Waals surface area contributed by atoms with Gasteiger partial charge in [0.15, 0.2) is 0 Å². The molecule has 0 saturated carbocycles. The van der Waals surface area contributed by atoms with Crippen LogP contribution in [0.25, 0.3) is 0 Å². The third-order valence-corrected chi connectivity index (χ3v) is 1.28. The van der Waals surface area contributed by atoms with Gasteiger partial charge in [-0.1, -0.05) is 0 Å². The second-order valence-corrected chi connectivity index (χ2v) is 2.09. The van der Waals surface area contributed by atoms with E-state index in [9.17, 15) is 9.59 Å². The van der Waals surface area contributed by atoms with Gasteiger partial charge in [-0.05, 0) is 0 Å². The number of anilines is 1. The Labute approximate surface area is 73.1 Å². The number of esters is 1. The Hall–Kier alpha value is -1.98. The van der Waals surface area contributed by atoms with Crippen molar-refractivity contribution in [3.8, 4) is 0 Å². The minimum atomic E-state index is -1.27. The normalized spacial score (nSPS) is 9.31. The Bertz CT molecular complexity index is 329. The maximum atomic E-state index is 10.9. The summed E-state index contributed by atoms with van der Waals surface area (Å²) in [6, 6.07) is 1.32. The molecule has 1 aromatic rings. The Kier molecular flexibility index (Phi) is 2.53. The van der Waals surface area contributed by atoms with E-state index >= 15 is 0 Å². The van der Waals surface area contributed by atoms with E-state index in [1.165, 1.54) is 19.4 Å². The van der Waals surface area contributed by atoms with Gasteiger partial charge < -0.3 is 14.3 Å². The number of ether oxygens (including phenoxy) is 1. The van der Waals surface area contributed by atoms with Crippen molar-refractivity contribution in [1.82, 2.24) is 0 Å². The highest BCUT2D eigenvalue weighted by Gasteiger charge is 2.16. The summed E-state index contributed by atoms with van der Waals surface area (Å²) in [6.45, 7) is 0. The molecule has 0 unspecified atom stereocenters. The van der Waals surface area contributed by atoms with Crippen LogP contribution in [0.4, 0.5) is 10.5 Å². The predicted molar refractivity (Wildman–Crippen MR) is 41.7 cm³/mol. The summed E-state index contributed by atoms with van der Waals surface area (Å²) in [4.78, 5) is 21.2. The van der Waals surface area contributed by atoms with Crippen molar-refractivity contribution in [2.24, 2.45) is 0 Å². The number of carbonyl (C=O) groups is 2. The van der Waals surface area contributed by atoms with Crippen LogP contribution in [0.5, 0.6) is 0 Å².